The number of carboxylic acids is 2. The number of rotatable bonds is 6. The number of hydrogen-bond donors (Lipinski definition) is 4. The van der Waals surface area contributed by atoms with Gasteiger partial charge in [0, 0.05) is 0 Å². The van der Waals surface area contributed by atoms with E-state index in [1.54, 1.807) is 0 Å². The number of aliphatic hydroxyl groups excluding tert-OH is 1. The van der Waals surface area contributed by atoms with E-state index in [0.717, 1.165) is 6.92 Å². The number of ether oxygens (including phenoxy) is 1. The van der Waals surface area contributed by atoms with Gasteiger partial charge in [-0.1, -0.05) is 0 Å². The van der Waals surface area contributed by atoms with E-state index in [2.05, 4.69) is 4.74 Å². The van der Waals surface area contributed by atoms with Crippen molar-refractivity contribution in [3.8, 4) is 0 Å². The molecule has 0 amide bonds. The van der Waals surface area contributed by atoms with Crippen LogP contribution in [0.15, 0.2) is 0 Å². The summed E-state index contributed by atoms with van der Waals surface area (Å²) in [5.41, 5.74) is -2.87. The van der Waals surface area contributed by atoms with Crippen LogP contribution in [0, 0.1) is 0 Å². The largest absolute Gasteiger partial charge is 2.00 e. The maximum Gasteiger partial charge on any atom is 2.00 e. The van der Waals surface area contributed by atoms with Crippen molar-refractivity contribution < 1.29 is 50.0 Å². The van der Waals surface area contributed by atoms with E-state index in [0.29, 0.717) is 0 Å². The minimum absolute atomic E-state index is 0. The Balaban J connectivity index is -0.0000000963. The Bertz CT molecular complexity index is 397. The fourth-order valence-corrected chi connectivity index (χ4v) is 0.936. The van der Waals surface area contributed by atoms with E-state index in [1.165, 1.54) is 0 Å². The molecule has 110 valence electrons. The summed E-state index contributed by atoms with van der Waals surface area (Å²) in [5, 5.41) is 35.2. The number of aliphatic carboxylic acids is 2. The van der Waals surface area contributed by atoms with Gasteiger partial charge in [0.1, 0.15) is 6.10 Å². The Morgan fingerprint density at radius 2 is 1.60 bits per heavy atom. The summed E-state index contributed by atoms with van der Waals surface area (Å²) >= 11 is 0. The van der Waals surface area contributed by atoms with Crippen LogP contribution >= 0.6 is 0 Å². The van der Waals surface area contributed by atoms with Gasteiger partial charge in [-0.15, -0.1) is 0 Å². The molecule has 0 aromatic heterocycles. The average molecular weight is 348 g/mol. The van der Waals surface area contributed by atoms with Crippen LogP contribution in [0.2, 0.25) is 0 Å². The molecule has 2 atom stereocenters. The molecule has 0 aromatic rings. The van der Waals surface area contributed by atoms with Crippen LogP contribution in [0.25, 0.3) is 0 Å². The van der Waals surface area contributed by atoms with Gasteiger partial charge in [-0.2, -0.15) is 0 Å². The smallest absolute Gasteiger partial charge is 1.00 e. The SMILES string of the molecule is CC(O)C(=O)OC(=O)CC(O)(CC(=O)O)C(=O)O.[Ca+2].[Ca+2].[H-].[H-].[H-].[H-]. The molecule has 0 heterocycles. The molecule has 4 N–H and O–H groups in total. The summed E-state index contributed by atoms with van der Waals surface area (Å²) in [6, 6.07) is 0. The van der Waals surface area contributed by atoms with Crippen LogP contribution in [0.3, 0.4) is 0 Å². The zero-order valence-corrected chi connectivity index (χ0v) is 15.2. The quantitative estimate of drug-likeness (QED) is 0.237. The number of esters is 2. The van der Waals surface area contributed by atoms with Crippen molar-refractivity contribution in [1.82, 2.24) is 0 Å². The molecule has 0 radical (unpaired) electrons. The zero-order chi connectivity index (χ0) is 14.5. The Morgan fingerprint density at radius 3 is 1.90 bits per heavy atom. The molecule has 0 bridgehead atoms. The maximum atomic E-state index is 11.1. The Morgan fingerprint density at radius 1 is 1.15 bits per heavy atom. The summed E-state index contributed by atoms with van der Waals surface area (Å²) in [5.74, 6) is -6.36. The summed E-state index contributed by atoms with van der Waals surface area (Å²) in [4.78, 5) is 42.9. The van der Waals surface area contributed by atoms with Gasteiger partial charge in [-0.25, -0.2) is 9.59 Å². The van der Waals surface area contributed by atoms with Crippen molar-refractivity contribution in [2.75, 3.05) is 0 Å². The summed E-state index contributed by atoms with van der Waals surface area (Å²) in [6.45, 7) is 1.01. The van der Waals surface area contributed by atoms with Crippen molar-refractivity contribution in [3.05, 3.63) is 0 Å². The zero-order valence-electron chi connectivity index (χ0n) is 14.7. The molecule has 20 heavy (non-hydrogen) atoms. The predicted molar refractivity (Wildman–Crippen MR) is 68.2 cm³/mol. The van der Waals surface area contributed by atoms with E-state index in [1.807, 2.05) is 0 Å². The molecule has 9 nitrogen and oxygen atoms in total. The molecular weight excluding hydrogens is 332 g/mol. The molecule has 0 aliphatic heterocycles. The average Bonchev–Trinajstić information content (AvgIpc) is 2.14. The molecule has 0 aliphatic rings. The van der Waals surface area contributed by atoms with E-state index < -0.39 is 48.4 Å². The first-order valence-electron chi connectivity index (χ1n) is 4.68. The molecule has 0 saturated heterocycles. The van der Waals surface area contributed by atoms with Gasteiger partial charge in [0.15, 0.2) is 5.60 Å². The van der Waals surface area contributed by atoms with Gasteiger partial charge in [0.25, 0.3) is 0 Å². The minimum Gasteiger partial charge on any atom is -1.00 e. The number of carboxylic acid groups (broad SMARTS) is 2. The monoisotopic (exact) mass is 348 g/mol. The van der Waals surface area contributed by atoms with Crippen LogP contribution in [0.4, 0.5) is 0 Å². The van der Waals surface area contributed by atoms with Gasteiger partial charge in [0.05, 0.1) is 12.8 Å². The first-order chi connectivity index (χ1) is 8.08. The van der Waals surface area contributed by atoms with Crippen LogP contribution in [0.1, 0.15) is 25.5 Å². The second-order valence-electron chi connectivity index (χ2n) is 3.55. The topological polar surface area (TPSA) is 158 Å². The van der Waals surface area contributed by atoms with Crippen molar-refractivity contribution in [3.63, 3.8) is 0 Å². The predicted octanol–water partition coefficient (Wildman–Crippen LogP) is -2.19. The third kappa shape index (κ3) is 9.45. The molecule has 11 heteroatoms. The fourth-order valence-electron chi connectivity index (χ4n) is 0.936. The first kappa shape index (κ1) is 25.5. The Hall–Kier alpha value is 0.519. The number of aliphatic hydroxyl groups is 2. The van der Waals surface area contributed by atoms with Gasteiger partial charge in [-0.3, -0.25) is 9.59 Å². The van der Waals surface area contributed by atoms with Crippen molar-refractivity contribution in [2.45, 2.75) is 31.5 Å². The first-order valence-corrected chi connectivity index (χ1v) is 4.68. The minimum atomic E-state index is -2.87. The van der Waals surface area contributed by atoms with Gasteiger partial charge in [0.2, 0.25) is 0 Å². The van der Waals surface area contributed by atoms with Crippen LogP contribution in [0.5, 0.6) is 0 Å². The second-order valence-corrected chi connectivity index (χ2v) is 3.55. The van der Waals surface area contributed by atoms with Gasteiger partial charge in [-0.05, 0) is 6.92 Å². The van der Waals surface area contributed by atoms with Gasteiger partial charge >= 0.3 is 99.4 Å². The molecule has 0 aromatic carbocycles. The summed E-state index contributed by atoms with van der Waals surface area (Å²) in [7, 11) is 0. The Labute approximate surface area is 179 Å². The van der Waals surface area contributed by atoms with Crippen LogP contribution < -0.4 is 0 Å². The standard InChI is InChI=1S/C9H12O9.2Ca.4H/c1-4(10)7(14)18-6(13)3-9(17,8(15)16)2-5(11)12;;;;;;/h4,10,17H,2-3H2,1H3,(H,11,12)(H,15,16);;;;;;/q;2*+2;4*-1. The van der Waals surface area contributed by atoms with E-state index in [9.17, 15) is 24.3 Å². The van der Waals surface area contributed by atoms with Gasteiger partial charge < -0.3 is 30.9 Å². The number of hydrogen-bond acceptors (Lipinski definition) is 7. The number of carbonyl (C=O) groups excluding carboxylic acids is 2. The van der Waals surface area contributed by atoms with E-state index in [4.69, 9.17) is 15.3 Å². The van der Waals surface area contributed by atoms with Crippen molar-refractivity contribution >= 4 is 99.4 Å². The molecule has 0 aliphatic carbocycles. The number of carbonyl (C=O) groups is 4. The maximum absolute atomic E-state index is 11.1. The molecule has 0 fully saturated rings. The fraction of sp³-hybridized carbons (Fsp3) is 0.556. The molecule has 2 unspecified atom stereocenters. The molecule has 0 spiro atoms. The van der Waals surface area contributed by atoms with E-state index >= 15 is 0 Å². The van der Waals surface area contributed by atoms with E-state index in [-0.39, 0.29) is 81.2 Å². The Kier molecular flexibility index (Phi) is 14.2. The third-order valence-corrected chi connectivity index (χ3v) is 1.83. The molecule has 0 rings (SSSR count). The van der Waals surface area contributed by atoms with Crippen LogP contribution in [-0.4, -0.2) is 131 Å². The third-order valence-electron chi connectivity index (χ3n) is 1.83. The summed E-state index contributed by atoms with van der Waals surface area (Å²) < 4.78 is 4.00. The molecular formula is C9H16Ca2O9. The van der Waals surface area contributed by atoms with Crippen LogP contribution in [-0.2, 0) is 23.9 Å². The summed E-state index contributed by atoms with van der Waals surface area (Å²) in [6.07, 6.45) is -4.07. The normalized spacial score (nSPS) is 13.8. The van der Waals surface area contributed by atoms with Crippen molar-refractivity contribution in [1.29, 1.82) is 0 Å². The molecule has 0 saturated carbocycles. The van der Waals surface area contributed by atoms with Crippen molar-refractivity contribution in [2.24, 2.45) is 0 Å². The second kappa shape index (κ2) is 11.1.